The van der Waals surface area contributed by atoms with Gasteiger partial charge in [-0.15, -0.1) is 0 Å². The zero-order valence-electron chi connectivity index (χ0n) is 19.8. The second kappa shape index (κ2) is 9.70. The molecular formula is C25H22N6O6S. The summed E-state index contributed by atoms with van der Waals surface area (Å²) in [5.41, 5.74) is 2.68. The van der Waals surface area contributed by atoms with Gasteiger partial charge in [0.25, 0.3) is 33.8 Å². The van der Waals surface area contributed by atoms with Crippen LogP contribution in [0.15, 0.2) is 54.6 Å². The highest BCUT2D eigenvalue weighted by atomic mass is 32.2. The van der Waals surface area contributed by atoms with Crippen LogP contribution in [0.25, 0.3) is 21.8 Å². The Balaban J connectivity index is 1.36. The van der Waals surface area contributed by atoms with Crippen molar-refractivity contribution in [2.45, 2.75) is 6.54 Å². The third-order valence-corrected chi connectivity index (χ3v) is 6.69. The second-order valence-electron chi connectivity index (χ2n) is 8.63. The average molecular weight is 535 g/mol. The van der Waals surface area contributed by atoms with E-state index < -0.39 is 33.8 Å². The number of imide groups is 1. The maximum Gasteiger partial charge on any atom is 0.274 e. The van der Waals surface area contributed by atoms with Crippen LogP contribution < -0.4 is 25.8 Å². The fraction of sp³-hybridized carbons (Fsp3) is 0.120. The van der Waals surface area contributed by atoms with Crippen LogP contribution >= 0.6 is 0 Å². The third-order valence-electron chi connectivity index (χ3n) is 6.08. The van der Waals surface area contributed by atoms with E-state index in [4.69, 9.17) is 5.14 Å². The predicted octanol–water partition coefficient (Wildman–Crippen LogP) is 0.658. The van der Waals surface area contributed by atoms with Gasteiger partial charge in [-0.1, -0.05) is 30.3 Å². The number of aromatic amines is 1. The quantitative estimate of drug-likeness (QED) is 0.142. The Morgan fingerprint density at radius 1 is 0.895 bits per heavy atom. The van der Waals surface area contributed by atoms with Crippen molar-refractivity contribution in [3.8, 4) is 0 Å². The first-order chi connectivity index (χ1) is 18.1. The zero-order valence-corrected chi connectivity index (χ0v) is 20.6. The SMILES string of the molecule is NS(=O)(=O)NCCNC(=O)c1cccc(CNC(=O)c2cc3c(c4c2[nH]c2ccccc24)C(=O)NC3=O)c1. The summed E-state index contributed by atoms with van der Waals surface area (Å²) in [4.78, 5) is 53.8. The van der Waals surface area contributed by atoms with E-state index in [1.807, 2.05) is 24.3 Å². The van der Waals surface area contributed by atoms with E-state index >= 15 is 0 Å². The van der Waals surface area contributed by atoms with Crippen LogP contribution in [0.5, 0.6) is 0 Å². The van der Waals surface area contributed by atoms with Crippen LogP contribution in [0, 0.1) is 0 Å². The van der Waals surface area contributed by atoms with Crippen molar-refractivity contribution in [1.82, 2.24) is 25.7 Å². The number of hydrogen-bond acceptors (Lipinski definition) is 6. The first-order valence-electron chi connectivity index (χ1n) is 11.5. The fourth-order valence-electron chi connectivity index (χ4n) is 4.43. The predicted molar refractivity (Wildman–Crippen MR) is 139 cm³/mol. The van der Waals surface area contributed by atoms with Crippen molar-refractivity contribution in [1.29, 1.82) is 0 Å². The summed E-state index contributed by atoms with van der Waals surface area (Å²) in [6.07, 6.45) is 0. The van der Waals surface area contributed by atoms with Crippen molar-refractivity contribution in [2.75, 3.05) is 13.1 Å². The molecular weight excluding hydrogens is 512 g/mol. The Bertz CT molecular complexity index is 1760. The number of nitrogens with two attached hydrogens (primary N) is 1. The zero-order chi connectivity index (χ0) is 27.0. The molecule has 1 aromatic heterocycles. The minimum absolute atomic E-state index is 0.0329. The van der Waals surface area contributed by atoms with E-state index in [2.05, 4.69) is 25.7 Å². The molecule has 5 rings (SSSR count). The van der Waals surface area contributed by atoms with E-state index in [0.717, 1.165) is 10.9 Å². The number of benzene rings is 3. The molecule has 0 saturated heterocycles. The fourth-order valence-corrected chi connectivity index (χ4v) is 4.81. The lowest BCUT2D eigenvalue weighted by molar-refractivity contribution is 0.0877. The van der Waals surface area contributed by atoms with Crippen LogP contribution in [-0.2, 0) is 16.8 Å². The van der Waals surface area contributed by atoms with E-state index in [1.54, 1.807) is 24.3 Å². The number of carbonyl (C=O) groups is 4. The third kappa shape index (κ3) is 4.85. The van der Waals surface area contributed by atoms with Gasteiger partial charge in [0.05, 0.1) is 22.2 Å². The summed E-state index contributed by atoms with van der Waals surface area (Å²) in [5, 5.41) is 13.7. The summed E-state index contributed by atoms with van der Waals surface area (Å²) < 4.78 is 23.9. The van der Waals surface area contributed by atoms with Crippen molar-refractivity contribution in [3.05, 3.63) is 82.4 Å². The number of fused-ring (bicyclic) bond motifs is 5. The topological polar surface area (TPSA) is 192 Å². The molecule has 0 saturated carbocycles. The van der Waals surface area contributed by atoms with Crippen LogP contribution in [0.1, 0.15) is 47.0 Å². The molecule has 12 nitrogen and oxygen atoms in total. The lowest BCUT2D eigenvalue weighted by atomic mass is 9.98. The van der Waals surface area contributed by atoms with E-state index in [0.29, 0.717) is 22.0 Å². The molecule has 38 heavy (non-hydrogen) atoms. The summed E-state index contributed by atoms with van der Waals surface area (Å²) in [5.74, 6) is -1.98. The molecule has 1 aliphatic rings. The molecule has 0 aliphatic carbocycles. The molecule has 0 atom stereocenters. The molecule has 4 aromatic rings. The Hall–Kier alpha value is -4.59. The largest absolute Gasteiger partial charge is 0.354 e. The van der Waals surface area contributed by atoms with Crippen molar-refractivity contribution in [2.24, 2.45) is 5.14 Å². The minimum atomic E-state index is -3.85. The van der Waals surface area contributed by atoms with Crippen molar-refractivity contribution < 1.29 is 27.6 Å². The van der Waals surface area contributed by atoms with Gasteiger partial charge in [0.15, 0.2) is 0 Å². The van der Waals surface area contributed by atoms with Crippen LogP contribution in [-0.4, -0.2) is 50.1 Å². The maximum absolute atomic E-state index is 13.3. The normalized spacial score (nSPS) is 13.0. The van der Waals surface area contributed by atoms with Crippen LogP contribution in [0.4, 0.5) is 0 Å². The molecule has 0 radical (unpaired) electrons. The number of aromatic nitrogens is 1. The van der Waals surface area contributed by atoms with Gasteiger partial charge in [0.2, 0.25) is 0 Å². The van der Waals surface area contributed by atoms with Gasteiger partial charge in [-0.2, -0.15) is 8.42 Å². The lowest BCUT2D eigenvalue weighted by Gasteiger charge is -2.10. The summed E-state index contributed by atoms with van der Waals surface area (Å²) in [6.45, 7) is 0.0505. The number of nitrogens with one attached hydrogen (secondary N) is 5. The molecule has 0 unspecified atom stereocenters. The highest BCUT2D eigenvalue weighted by Gasteiger charge is 2.33. The van der Waals surface area contributed by atoms with Gasteiger partial charge in [-0.3, -0.25) is 24.5 Å². The van der Waals surface area contributed by atoms with E-state index in [1.165, 1.54) is 6.07 Å². The first kappa shape index (κ1) is 25.1. The molecule has 0 fully saturated rings. The van der Waals surface area contributed by atoms with Crippen molar-refractivity contribution in [3.63, 3.8) is 0 Å². The standard InChI is InChI=1S/C25H22N6O6S/c26-38(36,37)29-9-8-27-22(32)14-5-3-4-13(10-14)12-28-23(33)17-11-16-20(25(35)31-24(16)34)19-15-6-1-2-7-18(15)30-21(17)19/h1-7,10-11,29-30H,8-9,12H2,(H,27,32)(H,28,33)(H2,26,36,37)(H,31,34,35). The van der Waals surface area contributed by atoms with Gasteiger partial charge >= 0.3 is 0 Å². The van der Waals surface area contributed by atoms with E-state index in [9.17, 15) is 27.6 Å². The lowest BCUT2D eigenvalue weighted by Crippen LogP contribution is -2.37. The van der Waals surface area contributed by atoms with Gasteiger partial charge < -0.3 is 15.6 Å². The number of H-pyrrole nitrogens is 1. The molecule has 4 amide bonds. The van der Waals surface area contributed by atoms with E-state index in [-0.39, 0.29) is 36.3 Å². The summed E-state index contributed by atoms with van der Waals surface area (Å²) in [7, 11) is -3.85. The number of carbonyl (C=O) groups excluding carboxylic acids is 4. The number of amides is 4. The summed E-state index contributed by atoms with van der Waals surface area (Å²) >= 11 is 0. The Morgan fingerprint density at radius 2 is 1.68 bits per heavy atom. The molecule has 7 N–H and O–H groups in total. The molecule has 2 heterocycles. The Morgan fingerprint density at radius 3 is 2.47 bits per heavy atom. The molecule has 194 valence electrons. The number of rotatable bonds is 8. The number of hydrogen-bond donors (Lipinski definition) is 6. The monoisotopic (exact) mass is 534 g/mol. The highest BCUT2D eigenvalue weighted by Crippen LogP contribution is 2.35. The molecule has 1 aliphatic heterocycles. The Kier molecular flexibility index (Phi) is 6.40. The first-order valence-corrected chi connectivity index (χ1v) is 13.0. The van der Waals surface area contributed by atoms with Gasteiger partial charge in [0, 0.05) is 41.5 Å². The van der Waals surface area contributed by atoms with Gasteiger partial charge in [-0.25, -0.2) is 9.86 Å². The van der Waals surface area contributed by atoms with Crippen molar-refractivity contribution >= 4 is 55.6 Å². The van der Waals surface area contributed by atoms with Gasteiger partial charge in [-0.05, 0) is 29.8 Å². The van der Waals surface area contributed by atoms with Crippen LogP contribution in [0.2, 0.25) is 0 Å². The average Bonchev–Trinajstić information content (AvgIpc) is 3.40. The minimum Gasteiger partial charge on any atom is -0.354 e. The smallest absolute Gasteiger partial charge is 0.274 e. The highest BCUT2D eigenvalue weighted by molar-refractivity contribution is 7.87. The Labute approximate surface area is 216 Å². The molecule has 0 bridgehead atoms. The summed E-state index contributed by atoms with van der Waals surface area (Å²) in [6, 6.07) is 15.2. The molecule has 3 aromatic carbocycles. The maximum atomic E-state index is 13.3. The van der Waals surface area contributed by atoms with Gasteiger partial charge in [0.1, 0.15) is 0 Å². The molecule has 0 spiro atoms. The number of para-hydroxylation sites is 1. The second-order valence-corrected chi connectivity index (χ2v) is 10.0. The van der Waals surface area contributed by atoms with Crippen LogP contribution in [0.3, 0.4) is 0 Å². The molecule has 13 heteroatoms.